The predicted molar refractivity (Wildman–Crippen MR) is 60.1 cm³/mol. The number of hydrogen-bond donors (Lipinski definition) is 2. The van der Waals surface area contributed by atoms with E-state index in [0.717, 1.165) is 25.8 Å². The molecule has 0 spiro atoms. The molecule has 0 radical (unpaired) electrons. The number of hydrogen-bond acceptors (Lipinski definition) is 3. The normalized spacial score (nSPS) is 24.4. The molecule has 16 heavy (non-hydrogen) atoms. The van der Waals surface area contributed by atoms with Gasteiger partial charge in [0.2, 0.25) is 5.91 Å². The molecule has 92 valence electrons. The van der Waals surface area contributed by atoms with Crippen molar-refractivity contribution in [2.75, 3.05) is 26.7 Å². The maximum atomic E-state index is 12.2. The average Bonchev–Trinajstić information content (AvgIpc) is 2.66. The zero-order valence-electron chi connectivity index (χ0n) is 9.95. The van der Waals surface area contributed by atoms with E-state index in [2.05, 4.69) is 5.32 Å². The van der Waals surface area contributed by atoms with Crippen molar-refractivity contribution in [1.82, 2.24) is 10.2 Å². The predicted octanol–water partition coefficient (Wildman–Crippen LogP) is 0.309. The Labute approximate surface area is 95.8 Å². The van der Waals surface area contributed by atoms with Crippen molar-refractivity contribution in [2.45, 2.75) is 26.2 Å². The topological polar surface area (TPSA) is 69.6 Å². The first-order chi connectivity index (χ1) is 7.52. The molecule has 1 rings (SSSR count). The minimum Gasteiger partial charge on any atom is -0.480 e. The summed E-state index contributed by atoms with van der Waals surface area (Å²) < 4.78 is 0. The minimum absolute atomic E-state index is 0.0400. The fourth-order valence-corrected chi connectivity index (χ4v) is 2.40. The Bertz CT molecular complexity index is 272. The van der Waals surface area contributed by atoms with Crippen LogP contribution in [0.5, 0.6) is 0 Å². The summed E-state index contributed by atoms with van der Waals surface area (Å²) in [6.45, 7) is 3.34. The molecule has 5 heteroatoms. The summed E-state index contributed by atoms with van der Waals surface area (Å²) in [6, 6.07) is 0. The summed E-state index contributed by atoms with van der Waals surface area (Å²) in [7, 11) is 1.56. The van der Waals surface area contributed by atoms with Crippen molar-refractivity contribution in [1.29, 1.82) is 0 Å². The molecule has 0 aromatic heterocycles. The third kappa shape index (κ3) is 2.72. The third-order valence-corrected chi connectivity index (χ3v) is 3.15. The highest BCUT2D eigenvalue weighted by Gasteiger charge is 2.42. The van der Waals surface area contributed by atoms with Crippen LogP contribution in [0.1, 0.15) is 26.2 Å². The Kier molecular flexibility index (Phi) is 4.29. The van der Waals surface area contributed by atoms with Gasteiger partial charge in [-0.2, -0.15) is 0 Å². The first kappa shape index (κ1) is 13.0. The molecule has 1 saturated heterocycles. The lowest BCUT2D eigenvalue weighted by atomic mass is 9.81. The van der Waals surface area contributed by atoms with Crippen molar-refractivity contribution in [3.8, 4) is 0 Å². The van der Waals surface area contributed by atoms with Crippen LogP contribution in [0.4, 0.5) is 0 Å². The number of aliphatic carboxylic acids is 1. The van der Waals surface area contributed by atoms with Gasteiger partial charge in [0.1, 0.15) is 6.54 Å². The highest BCUT2D eigenvalue weighted by atomic mass is 16.4. The van der Waals surface area contributed by atoms with Gasteiger partial charge in [-0.15, -0.1) is 0 Å². The van der Waals surface area contributed by atoms with Gasteiger partial charge < -0.3 is 15.3 Å². The van der Waals surface area contributed by atoms with Crippen LogP contribution >= 0.6 is 0 Å². The number of carboxylic acids is 1. The SMILES string of the molecule is CCCC1(C(=O)N(C)CC(=O)O)CCNC1. The lowest BCUT2D eigenvalue weighted by molar-refractivity contribution is -0.148. The van der Waals surface area contributed by atoms with Crippen LogP contribution in [0.25, 0.3) is 0 Å². The van der Waals surface area contributed by atoms with Crippen molar-refractivity contribution >= 4 is 11.9 Å². The second kappa shape index (κ2) is 5.30. The largest absolute Gasteiger partial charge is 0.480 e. The number of rotatable bonds is 5. The number of carbonyl (C=O) groups excluding carboxylic acids is 1. The van der Waals surface area contributed by atoms with Gasteiger partial charge in [-0.3, -0.25) is 9.59 Å². The van der Waals surface area contributed by atoms with Gasteiger partial charge >= 0.3 is 5.97 Å². The summed E-state index contributed by atoms with van der Waals surface area (Å²) in [6.07, 6.45) is 2.57. The van der Waals surface area contributed by atoms with Crippen LogP contribution in [-0.2, 0) is 9.59 Å². The average molecular weight is 228 g/mol. The molecular formula is C11H20N2O3. The van der Waals surface area contributed by atoms with Gasteiger partial charge in [0.15, 0.2) is 0 Å². The Morgan fingerprint density at radius 1 is 1.50 bits per heavy atom. The van der Waals surface area contributed by atoms with Crippen molar-refractivity contribution in [2.24, 2.45) is 5.41 Å². The standard InChI is InChI=1S/C11H20N2O3/c1-3-4-11(5-6-12-8-11)10(16)13(2)7-9(14)15/h12H,3-8H2,1-2H3,(H,14,15). The maximum absolute atomic E-state index is 12.2. The lowest BCUT2D eigenvalue weighted by Crippen LogP contribution is -2.45. The van der Waals surface area contributed by atoms with E-state index in [4.69, 9.17) is 5.11 Å². The van der Waals surface area contributed by atoms with Crippen molar-refractivity contribution in [3.63, 3.8) is 0 Å². The molecule has 0 saturated carbocycles. The fourth-order valence-electron chi connectivity index (χ4n) is 2.40. The Hall–Kier alpha value is -1.10. The number of nitrogens with zero attached hydrogens (tertiary/aromatic N) is 1. The molecule has 0 aromatic rings. The zero-order valence-corrected chi connectivity index (χ0v) is 9.95. The fraction of sp³-hybridized carbons (Fsp3) is 0.818. The molecule has 0 aromatic carbocycles. The van der Waals surface area contributed by atoms with Crippen molar-refractivity contribution < 1.29 is 14.7 Å². The molecule has 0 bridgehead atoms. The second-order valence-corrected chi connectivity index (χ2v) is 4.51. The number of likely N-dealkylation sites (N-methyl/N-ethyl adjacent to an activating group) is 1. The maximum Gasteiger partial charge on any atom is 0.323 e. The van der Waals surface area contributed by atoms with Crippen LogP contribution in [0.15, 0.2) is 0 Å². The summed E-state index contributed by atoms with van der Waals surface area (Å²) in [5, 5.41) is 11.9. The van der Waals surface area contributed by atoms with Gasteiger partial charge in [-0.05, 0) is 19.4 Å². The number of nitrogens with one attached hydrogen (secondary N) is 1. The van der Waals surface area contributed by atoms with Crippen LogP contribution in [0.3, 0.4) is 0 Å². The first-order valence-corrected chi connectivity index (χ1v) is 5.70. The van der Waals surface area contributed by atoms with E-state index >= 15 is 0 Å². The van der Waals surface area contributed by atoms with Gasteiger partial charge in [0, 0.05) is 13.6 Å². The zero-order chi connectivity index (χ0) is 12.2. The molecule has 1 unspecified atom stereocenters. The molecule has 1 fully saturated rings. The Morgan fingerprint density at radius 3 is 2.62 bits per heavy atom. The van der Waals surface area contributed by atoms with Gasteiger partial charge in [-0.1, -0.05) is 13.3 Å². The van der Waals surface area contributed by atoms with E-state index in [1.807, 2.05) is 6.92 Å². The lowest BCUT2D eigenvalue weighted by Gasteiger charge is -2.30. The Balaban J connectivity index is 2.71. The van der Waals surface area contributed by atoms with Gasteiger partial charge in [-0.25, -0.2) is 0 Å². The van der Waals surface area contributed by atoms with E-state index < -0.39 is 5.97 Å². The highest BCUT2D eigenvalue weighted by molar-refractivity contribution is 5.86. The highest BCUT2D eigenvalue weighted by Crippen LogP contribution is 2.32. The second-order valence-electron chi connectivity index (χ2n) is 4.51. The molecular weight excluding hydrogens is 208 g/mol. The van der Waals surface area contributed by atoms with Gasteiger partial charge in [0.05, 0.1) is 5.41 Å². The number of carbonyl (C=O) groups is 2. The molecule has 0 aliphatic carbocycles. The van der Waals surface area contributed by atoms with Crippen LogP contribution in [-0.4, -0.2) is 48.6 Å². The first-order valence-electron chi connectivity index (χ1n) is 5.70. The van der Waals surface area contributed by atoms with Crippen LogP contribution < -0.4 is 5.32 Å². The molecule has 1 atom stereocenters. The van der Waals surface area contributed by atoms with Crippen molar-refractivity contribution in [3.05, 3.63) is 0 Å². The van der Waals surface area contributed by atoms with E-state index in [-0.39, 0.29) is 17.9 Å². The summed E-state index contributed by atoms with van der Waals surface area (Å²) >= 11 is 0. The molecule has 2 N–H and O–H groups in total. The van der Waals surface area contributed by atoms with Crippen LogP contribution in [0.2, 0.25) is 0 Å². The molecule has 1 heterocycles. The van der Waals surface area contributed by atoms with E-state index in [9.17, 15) is 9.59 Å². The third-order valence-electron chi connectivity index (χ3n) is 3.15. The minimum atomic E-state index is -0.964. The molecule has 1 amide bonds. The number of amides is 1. The molecule has 1 aliphatic rings. The van der Waals surface area contributed by atoms with E-state index in [0.29, 0.717) is 6.54 Å². The van der Waals surface area contributed by atoms with E-state index in [1.54, 1.807) is 7.05 Å². The monoisotopic (exact) mass is 228 g/mol. The smallest absolute Gasteiger partial charge is 0.323 e. The summed E-state index contributed by atoms with van der Waals surface area (Å²) in [5.41, 5.74) is -0.376. The van der Waals surface area contributed by atoms with Crippen LogP contribution in [0, 0.1) is 5.41 Å². The summed E-state index contributed by atoms with van der Waals surface area (Å²) in [4.78, 5) is 24.1. The Morgan fingerprint density at radius 2 is 2.19 bits per heavy atom. The van der Waals surface area contributed by atoms with E-state index in [1.165, 1.54) is 4.90 Å². The molecule has 1 aliphatic heterocycles. The summed E-state index contributed by atoms with van der Waals surface area (Å²) in [5.74, 6) is -1.00. The van der Waals surface area contributed by atoms with Gasteiger partial charge in [0.25, 0.3) is 0 Å². The number of carboxylic acid groups (broad SMARTS) is 1. The quantitative estimate of drug-likeness (QED) is 0.710. The molecule has 5 nitrogen and oxygen atoms in total.